The summed E-state index contributed by atoms with van der Waals surface area (Å²) >= 11 is 3.38. The van der Waals surface area contributed by atoms with Gasteiger partial charge in [-0.15, -0.1) is 0 Å². The molecule has 0 radical (unpaired) electrons. The van der Waals surface area contributed by atoms with Crippen LogP contribution in [0.15, 0.2) is 39.6 Å². The standard InChI is InChI=1S/C18H16BrNO4/c1-2-24-18(23)14-10-12(9-11-3-5-13(19)6-4-11)17(22)20-8-7-15(21)16(14)20/h3-6,10H,2,7-9H2,1H3. The molecule has 0 saturated heterocycles. The summed E-state index contributed by atoms with van der Waals surface area (Å²) < 4.78 is 7.41. The van der Waals surface area contributed by atoms with Gasteiger partial charge in [-0.1, -0.05) is 28.1 Å². The van der Waals surface area contributed by atoms with E-state index in [1.807, 2.05) is 24.3 Å². The van der Waals surface area contributed by atoms with Crippen molar-refractivity contribution in [2.45, 2.75) is 26.3 Å². The van der Waals surface area contributed by atoms with Crippen molar-refractivity contribution in [3.05, 3.63) is 67.5 Å². The summed E-state index contributed by atoms with van der Waals surface area (Å²) in [5.41, 5.74) is 1.59. The Morgan fingerprint density at radius 1 is 1.25 bits per heavy atom. The van der Waals surface area contributed by atoms with Gasteiger partial charge in [-0.25, -0.2) is 4.79 Å². The van der Waals surface area contributed by atoms with Gasteiger partial charge < -0.3 is 9.30 Å². The first-order chi connectivity index (χ1) is 11.5. The number of carbonyl (C=O) groups is 2. The fourth-order valence-corrected chi connectivity index (χ4v) is 3.15. The number of nitrogens with zero attached hydrogens (tertiary/aromatic N) is 1. The van der Waals surface area contributed by atoms with E-state index in [0.29, 0.717) is 18.5 Å². The molecule has 0 atom stereocenters. The molecule has 5 nitrogen and oxygen atoms in total. The molecule has 1 aromatic heterocycles. The molecule has 0 amide bonds. The second-order valence-corrected chi connectivity index (χ2v) is 6.50. The van der Waals surface area contributed by atoms with Gasteiger partial charge in [0.1, 0.15) is 5.69 Å². The van der Waals surface area contributed by atoms with Crippen molar-refractivity contribution >= 4 is 27.7 Å². The number of aromatic nitrogens is 1. The van der Waals surface area contributed by atoms with E-state index in [1.54, 1.807) is 6.92 Å². The molecule has 1 aromatic carbocycles. The Kier molecular flexibility index (Phi) is 4.66. The lowest BCUT2D eigenvalue weighted by atomic mass is 10.0. The highest BCUT2D eigenvalue weighted by Gasteiger charge is 2.29. The van der Waals surface area contributed by atoms with Crippen LogP contribution in [0.1, 0.15) is 45.3 Å². The van der Waals surface area contributed by atoms with Crippen molar-refractivity contribution in [1.82, 2.24) is 4.57 Å². The normalized spacial score (nSPS) is 13.0. The van der Waals surface area contributed by atoms with Crippen molar-refractivity contribution in [1.29, 1.82) is 0 Å². The van der Waals surface area contributed by atoms with Crippen LogP contribution in [0.5, 0.6) is 0 Å². The molecule has 3 rings (SSSR count). The first-order valence-electron chi connectivity index (χ1n) is 7.72. The van der Waals surface area contributed by atoms with Gasteiger partial charge in [0.15, 0.2) is 5.78 Å². The van der Waals surface area contributed by atoms with Gasteiger partial charge in [0.2, 0.25) is 0 Å². The molecule has 24 heavy (non-hydrogen) atoms. The zero-order valence-corrected chi connectivity index (χ0v) is 14.8. The number of halogens is 1. The van der Waals surface area contributed by atoms with Crippen LogP contribution in [0, 0.1) is 0 Å². The van der Waals surface area contributed by atoms with Gasteiger partial charge in [0.25, 0.3) is 5.56 Å². The Hall–Kier alpha value is -2.21. The Bertz CT molecular complexity index is 868. The second-order valence-electron chi connectivity index (χ2n) is 5.59. The summed E-state index contributed by atoms with van der Waals surface area (Å²) in [6, 6.07) is 9.14. The minimum Gasteiger partial charge on any atom is -0.462 e. The average molecular weight is 390 g/mol. The molecule has 0 N–H and O–H groups in total. The summed E-state index contributed by atoms with van der Waals surface area (Å²) in [6.45, 7) is 2.24. The van der Waals surface area contributed by atoms with Crippen molar-refractivity contribution < 1.29 is 14.3 Å². The smallest absolute Gasteiger partial charge is 0.340 e. The van der Waals surface area contributed by atoms with Gasteiger partial charge in [-0.3, -0.25) is 9.59 Å². The third-order valence-corrected chi connectivity index (χ3v) is 4.52. The lowest BCUT2D eigenvalue weighted by Gasteiger charge is -2.11. The molecule has 0 saturated carbocycles. The lowest BCUT2D eigenvalue weighted by molar-refractivity contribution is 0.0522. The minimum atomic E-state index is -0.562. The molecule has 1 aliphatic rings. The summed E-state index contributed by atoms with van der Waals surface area (Å²) in [7, 11) is 0. The molecule has 2 heterocycles. The molecular formula is C18H16BrNO4. The Morgan fingerprint density at radius 3 is 2.62 bits per heavy atom. The summed E-state index contributed by atoms with van der Waals surface area (Å²) in [5.74, 6) is -0.751. The largest absolute Gasteiger partial charge is 0.462 e. The summed E-state index contributed by atoms with van der Waals surface area (Å²) in [5, 5.41) is 0. The lowest BCUT2D eigenvalue weighted by Crippen LogP contribution is -2.27. The highest BCUT2D eigenvalue weighted by Crippen LogP contribution is 2.21. The molecular weight excluding hydrogens is 374 g/mol. The van der Waals surface area contributed by atoms with E-state index >= 15 is 0 Å². The van der Waals surface area contributed by atoms with Crippen LogP contribution >= 0.6 is 15.9 Å². The fraction of sp³-hybridized carbons (Fsp3) is 0.278. The van der Waals surface area contributed by atoms with E-state index in [9.17, 15) is 14.4 Å². The minimum absolute atomic E-state index is 0.179. The zero-order chi connectivity index (χ0) is 17.3. The molecule has 2 aromatic rings. The predicted molar refractivity (Wildman–Crippen MR) is 92.6 cm³/mol. The van der Waals surface area contributed by atoms with Crippen LogP contribution in [-0.4, -0.2) is 22.9 Å². The molecule has 6 heteroatoms. The van der Waals surface area contributed by atoms with Crippen molar-refractivity contribution in [3.8, 4) is 0 Å². The Morgan fingerprint density at radius 2 is 1.96 bits per heavy atom. The van der Waals surface area contributed by atoms with E-state index < -0.39 is 5.97 Å². The number of rotatable bonds is 4. The SMILES string of the molecule is CCOC(=O)c1cc(Cc2ccc(Br)cc2)c(=O)n2c1C(=O)CC2. The maximum Gasteiger partial charge on any atom is 0.340 e. The average Bonchev–Trinajstić information content (AvgIpc) is 2.95. The van der Waals surface area contributed by atoms with Gasteiger partial charge in [0, 0.05) is 29.4 Å². The molecule has 1 aliphatic heterocycles. The Balaban J connectivity index is 2.09. The zero-order valence-electron chi connectivity index (χ0n) is 13.2. The van der Waals surface area contributed by atoms with Crippen LogP contribution < -0.4 is 5.56 Å². The highest BCUT2D eigenvalue weighted by atomic mass is 79.9. The van der Waals surface area contributed by atoms with Gasteiger partial charge >= 0.3 is 5.97 Å². The van der Waals surface area contributed by atoms with Crippen LogP contribution in [0.2, 0.25) is 0 Å². The number of pyridine rings is 1. The van der Waals surface area contributed by atoms with Gasteiger partial charge in [-0.05, 0) is 30.7 Å². The van der Waals surface area contributed by atoms with Crippen molar-refractivity contribution in [3.63, 3.8) is 0 Å². The van der Waals surface area contributed by atoms with E-state index in [1.165, 1.54) is 10.6 Å². The molecule has 0 bridgehead atoms. The molecule has 0 unspecified atom stereocenters. The van der Waals surface area contributed by atoms with E-state index in [0.717, 1.165) is 10.0 Å². The third-order valence-electron chi connectivity index (χ3n) is 3.99. The van der Waals surface area contributed by atoms with E-state index in [4.69, 9.17) is 4.74 Å². The first-order valence-corrected chi connectivity index (χ1v) is 8.52. The highest BCUT2D eigenvalue weighted by molar-refractivity contribution is 9.10. The van der Waals surface area contributed by atoms with Gasteiger partial charge in [-0.2, -0.15) is 0 Å². The predicted octanol–water partition coefficient (Wildman–Crippen LogP) is 2.96. The molecule has 0 fully saturated rings. The van der Waals surface area contributed by atoms with E-state index in [2.05, 4.69) is 15.9 Å². The van der Waals surface area contributed by atoms with Crippen LogP contribution in [0.3, 0.4) is 0 Å². The van der Waals surface area contributed by atoms with Gasteiger partial charge in [0.05, 0.1) is 12.2 Å². The summed E-state index contributed by atoms with van der Waals surface area (Å²) in [6.07, 6.45) is 0.635. The third kappa shape index (κ3) is 3.06. The number of esters is 1. The van der Waals surface area contributed by atoms with Crippen LogP contribution in [0.25, 0.3) is 0 Å². The topological polar surface area (TPSA) is 65.4 Å². The second kappa shape index (κ2) is 6.73. The number of ether oxygens (including phenoxy) is 1. The number of carbonyl (C=O) groups excluding carboxylic acids is 2. The molecule has 0 aliphatic carbocycles. The maximum absolute atomic E-state index is 12.7. The quantitative estimate of drug-likeness (QED) is 0.753. The monoisotopic (exact) mass is 389 g/mol. The Labute approximate surface area is 147 Å². The number of fused-ring (bicyclic) bond motifs is 1. The summed E-state index contributed by atoms with van der Waals surface area (Å²) in [4.78, 5) is 37.0. The number of ketones is 1. The first kappa shape index (κ1) is 16.6. The number of hydrogen-bond donors (Lipinski definition) is 0. The van der Waals surface area contributed by atoms with Crippen molar-refractivity contribution in [2.24, 2.45) is 0 Å². The number of hydrogen-bond acceptors (Lipinski definition) is 4. The molecule has 0 spiro atoms. The molecule has 124 valence electrons. The number of Topliss-reactive ketones (excluding diaryl/α,β-unsaturated/α-hetero) is 1. The maximum atomic E-state index is 12.7. The fourth-order valence-electron chi connectivity index (χ4n) is 2.88. The van der Waals surface area contributed by atoms with Crippen LogP contribution in [-0.2, 0) is 17.7 Å². The number of benzene rings is 1. The van der Waals surface area contributed by atoms with Crippen LogP contribution in [0.4, 0.5) is 0 Å². The van der Waals surface area contributed by atoms with Crippen molar-refractivity contribution in [2.75, 3.05) is 6.61 Å². The van der Waals surface area contributed by atoms with E-state index in [-0.39, 0.29) is 35.6 Å².